The average molecular weight is 444 g/mol. The number of anilines is 1. The first-order valence-electron chi connectivity index (χ1n) is 9.19. The van der Waals surface area contributed by atoms with Crippen molar-refractivity contribution in [2.75, 3.05) is 17.8 Å². The highest BCUT2D eigenvalue weighted by Gasteiger charge is 2.16. The summed E-state index contributed by atoms with van der Waals surface area (Å²) >= 11 is 1.11. The van der Waals surface area contributed by atoms with Gasteiger partial charge in [-0.3, -0.25) is 14.3 Å². The normalized spacial score (nSPS) is 10.9. The number of thiophene rings is 1. The van der Waals surface area contributed by atoms with Gasteiger partial charge in [0.2, 0.25) is 5.91 Å². The number of amides is 2. The summed E-state index contributed by atoms with van der Waals surface area (Å²) in [5.74, 6) is -0.482. The van der Waals surface area contributed by atoms with Gasteiger partial charge in [-0.15, -0.1) is 11.3 Å². The van der Waals surface area contributed by atoms with Crippen LogP contribution in [0.3, 0.4) is 0 Å². The van der Waals surface area contributed by atoms with Gasteiger partial charge in [-0.2, -0.15) is 0 Å². The highest BCUT2D eigenvalue weighted by molar-refractivity contribution is 7.94. The molecule has 1 aromatic heterocycles. The Kier molecular flexibility index (Phi) is 7.21. The molecule has 0 bridgehead atoms. The Morgan fingerprint density at radius 1 is 0.867 bits per heavy atom. The Bertz CT molecular complexity index is 1100. The third-order valence-electron chi connectivity index (χ3n) is 4.08. The molecule has 9 heteroatoms. The fraction of sp³-hybridized carbons (Fsp3) is 0.143. The highest BCUT2D eigenvalue weighted by atomic mass is 32.2. The van der Waals surface area contributed by atoms with Gasteiger partial charge in [0.25, 0.3) is 15.9 Å². The van der Waals surface area contributed by atoms with Crippen molar-refractivity contribution in [3.05, 3.63) is 83.2 Å². The molecule has 0 fully saturated rings. The molecule has 0 aliphatic carbocycles. The molecule has 3 N–H and O–H groups in total. The zero-order valence-electron chi connectivity index (χ0n) is 16.0. The summed E-state index contributed by atoms with van der Waals surface area (Å²) < 4.78 is 27.3. The van der Waals surface area contributed by atoms with Gasteiger partial charge < -0.3 is 10.6 Å². The van der Waals surface area contributed by atoms with Crippen molar-refractivity contribution in [2.45, 2.75) is 10.6 Å². The maximum Gasteiger partial charge on any atom is 0.271 e. The molecule has 2 amide bonds. The third kappa shape index (κ3) is 6.16. The number of nitrogens with one attached hydrogen (secondary N) is 3. The summed E-state index contributed by atoms with van der Waals surface area (Å²) in [6.45, 7) is 0.548. The number of carbonyl (C=O) groups excluding carboxylic acids is 2. The van der Waals surface area contributed by atoms with E-state index < -0.39 is 10.0 Å². The van der Waals surface area contributed by atoms with E-state index in [-0.39, 0.29) is 29.0 Å². The maximum atomic E-state index is 12.3. The van der Waals surface area contributed by atoms with Crippen LogP contribution in [0.15, 0.2) is 76.3 Å². The number of carbonyl (C=O) groups is 2. The average Bonchev–Trinajstić information content (AvgIpc) is 3.28. The first-order valence-corrected chi connectivity index (χ1v) is 11.6. The lowest BCUT2D eigenvalue weighted by Gasteiger charge is -2.10. The Hall–Kier alpha value is -3.17. The van der Waals surface area contributed by atoms with Crippen molar-refractivity contribution in [2.24, 2.45) is 0 Å². The van der Waals surface area contributed by atoms with E-state index in [1.807, 2.05) is 30.3 Å². The fourth-order valence-electron chi connectivity index (χ4n) is 2.67. The Morgan fingerprint density at radius 3 is 2.37 bits per heavy atom. The quantitative estimate of drug-likeness (QED) is 0.442. The van der Waals surface area contributed by atoms with Gasteiger partial charge in [-0.05, 0) is 35.2 Å². The lowest BCUT2D eigenvalue weighted by Crippen LogP contribution is -2.35. The zero-order chi connectivity index (χ0) is 21.4. The number of benzene rings is 2. The van der Waals surface area contributed by atoms with Crippen LogP contribution < -0.4 is 15.4 Å². The molecule has 0 radical (unpaired) electrons. The van der Waals surface area contributed by atoms with Crippen LogP contribution in [0.5, 0.6) is 0 Å². The molecule has 7 nitrogen and oxygen atoms in total. The molecule has 0 aliphatic heterocycles. The van der Waals surface area contributed by atoms with E-state index in [4.69, 9.17) is 0 Å². The number of hydrogen-bond donors (Lipinski definition) is 3. The van der Waals surface area contributed by atoms with Crippen LogP contribution in [-0.2, 0) is 21.2 Å². The second-order valence-corrected chi connectivity index (χ2v) is 9.24. The van der Waals surface area contributed by atoms with E-state index in [0.717, 1.165) is 16.9 Å². The van der Waals surface area contributed by atoms with Crippen molar-refractivity contribution >= 4 is 38.9 Å². The Morgan fingerprint density at radius 2 is 1.63 bits per heavy atom. The minimum Gasteiger partial charge on any atom is -0.354 e. The first kappa shape index (κ1) is 21.5. The Labute approximate surface area is 179 Å². The molecule has 3 rings (SSSR count). The summed E-state index contributed by atoms with van der Waals surface area (Å²) in [5, 5.41) is 7.14. The van der Waals surface area contributed by atoms with E-state index in [1.54, 1.807) is 29.6 Å². The second kappa shape index (κ2) is 10.0. The van der Waals surface area contributed by atoms with Gasteiger partial charge in [0.1, 0.15) is 4.21 Å². The molecule has 0 saturated carbocycles. The molecule has 0 atom stereocenters. The van der Waals surface area contributed by atoms with Gasteiger partial charge in [-0.25, -0.2) is 8.42 Å². The lowest BCUT2D eigenvalue weighted by molar-refractivity contribution is -0.120. The fourth-order valence-corrected chi connectivity index (χ4v) is 4.71. The lowest BCUT2D eigenvalue weighted by atomic mass is 10.1. The molecular formula is C21H21N3O4S2. The molecule has 0 saturated heterocycles. The van der Waals surface area contributed by atoms with Crippen LogP contribution in [0.2, 0.25) is 0 Å². The van der Waals surface area contributed by atoms with Crippen LogP contribution in [0.1, 0.15) is 15.9 Å². The van der Waals surface area contributed by atoms with E-state index in [1.165, 1.54) is 12.1 Å². The highest BCUT2D eigenvalue weighted by Crippen LogP contribution is 2.20. The van der Waals surface area contributed by atoms with Gasteiger partial charge >= 0.3 is 0 Å². The van der Waals surface area contributed by atoms with E-state index in [2.05, 4.69) is 15.4 Å². The Balaban J connectivity index is 1.48. The number of sulfonamides is 1. The van der Waals surface area contributed by atoms with Crippen LogP contribution in [0, 0.1) is 0 Å². The summed E-state index contributed by atoms with van der Waals surface area (Å²) in [6.07, 6.45) is 0.279. The summed E-state index contributed by atoms with van der Waals surface area (Å²) in [6, 6.07) is 18.8. The second-order valence-electron chi connectivity index (χ2n) is 6.39. The van der Waals surface area contributed by atoms with Crippen LogP contribution in [0.25, 0.3) is 0 Å². The van der Waals surface area contributed by atoms with Crippen molar-refractivity contribution in [1.29, 1.82) is 0 Å². The largest absolute Gasteiger partial charge is 0.354 e. The summed E-state index contributed by atoms with van der Waals surface area (Å²) in [4.78, 5) is 24.2. The monoisotopic (exact) mass is 443 g/mol. The summed E-state index contributed by atoms with van der Waals surface area (Å²) in [5.41, 5.74) is 1.53. The van der Waals surface area contributed by atoms with Crippen LogP contribution in [0.4, 0.5) is 5.69 Å². The summed E-state index contributed by atoms with van der Waals surface area (Å²) in [7, 11) is -3.68. The van der Waals surface area contributed by atoms with E-state index >= 15 is 0 Å². The maximum absolute atomic E-state index is 12.3. The van der Waals surface area contributed by atoms with Gasteiger partial charge in [-0.1, -0.05) is 42.5 Å². The molecule has 1 heterocycles. The van der Waals surface area contributed by atoms with Crippen LogP contribution >= 0.6 is 11.3 Å². The smallest absolute Gasteiger partial charge is 0.271 e. The molecule has 156 valence electrons. The molecule has 0 unspecified atom stereocenters. The predicted molar refractivity (Wildman–Crippen MR) is 117 cm³/mol. The molecular weight excluding hydrogens is 422 g/mol. The van der Waals surface area contributed by atoms with E-state index in [0.29, 0.717) is 17.8 Å². The van der Waals surface area contributed by atoms with Crippen molar-refractivity contribution in [1.82, 2.24) is 10.6 Å². The van der Waals surface area contributed by atoms with Gasteiger partial charge in [0.05, 0.1) is 6.42 Å². The topological polar surface area (TPSA) is 104 Å². The van der Waals surface area contributed by atoms with Crippen molar-refractivity contribution in [3.63, 3.8) is 0 Å². The SMILES string of the molecule is O=C(Cc1ccccc1)NCCNC(=O)c1cccc(NS(=O)(=O)c2cccs2)c1. The molecule has 30 heavy (non-hydrogen) atoms. The van der Waals surface area contributed by atoms with Gasteiger partial charge in [0.15, 0.2) is 0 Å². The van der Waals surface area contributed by atoms with Gasteiger partial charge in [0, 0.05) is 24.3 Å². The minimum absolute atomic E-state index is 0.125. The number of hydrogen-bond acceptors (Lipinski definition) is 5. The van der Waals surface area contributed by atoms with Crippen LogP contribution in [-0.4, -0.2) is 33.3 Å². The number of rotatable bonds is 9. The first-order chi connectivity index (χ1) is 14.4. The van der Waals surface area contributed by atoms with E-state index in [9.17, 15) is 18.0 Å². The minimum atomic E-state index is -3.68. The predicted octanol–water partition coefficient (Wildman–Crippen LogP) is 2.64. The zero-order valence-corrected chi connectivity index (χ0v) is 17.6. The molecule has 0 spiro atoms. The molecule has 0 aliphatic rings. The third-order valence-corrected chi connectivity index (χ3v) is 6.86. The molecule has 2 aromatic carbocycles. The standard InChI is InChI=1S/C21H21N3O4S2/c25-19(14-16-6-2-1-3-7-16)22-11-12-23-21(26)17-8-4-9-18(15-17)24-30(27,28)20-10-5-13-29-20/h1-10,13,15,24H,11-12,14H2,(H,22,25)(H,23,26). The van der Waals surface area contributed by atoms with Crippen molar-refractivity contribution in [3.8, 4) is 0 Å². The molecule has 3 aromatic rings. The van der Waals surface area contributed by atoms with Crippen molar-refractivity contribution < 1.29 is 18.0 Å².